The van der Waals surface area contributed by atoms with Crippen molar-refractivity contribution in [1.82, 2.24) is 4.98 Å². The van der Waals surface area contributed by atoms with Crippen molar-refractivity contribution in [3.63, 3.8) is 0 Å². The number of halogens is 1. The van der Waals surface area contributed by atoms with Crippen LogP contribution in [0.5, 0.6) is 0 Å². The number of carboxylic acid groups (broad SMARTS) is 1. The number of aromatic carboxylic acids is 1. The van der Waals surface area contributed by atoms with Crippen LogP contribution in [0.4, 0.5) is 0 Å². The van der Waals surface area contributed by atoms with Gasteiger partial charge in [0.05, 0.1) is 5.56 Å². The number of oxazole rings is 1. The van der Waals surface area contributed by atoms with Gasteiger partial charge in [0.25, 0.3) is 0 Å². The number of carboxylic acids is 1. The molecule has 2 aromatic carbocycles. The van der Waals surface area contributed by atoms with Gasteiger partial charge in [0.2, 0.25) is 5.89 Å². The highest BCUT2D eigenvalue weighted by molar-refractivity contribution is 14.1. The van der Waals surface area contributed by atoms with Gasteiger partial charge in [0.15, 0.2) is 5.58 Å². The first-order valence-corrected chi connectivity index (χ1v) is 7.04. The van der Waals surface area contributed by atoms with E-state index in [0.717, 1.165) is 14.7 Å². The van der Waals surface area contributed by atoms with Gasteiger partial charge in [-0.2, -0.15) is 0 Å². The predicted octanol–water partition coefficient (Wildman–Crippen LogP) is 4.11. The van der Waals surface area contributed by atoms with Crippen molar-refractivity contribution in [2.45, 2.75) is 6.92 Å². The molecule has 3 rings (SSSR count). The van der Waals surface area contributed by atoms with E-state index in [4.69, 9.17) is 4.42 Å². The Morgan fingerprint density at radius 1 is 1.25 bits per heavy atom. The van der Waals surface area contributed by atoms with Crippen LogP contribution in [0.25, 0.3) is 22.6 Å². The number of hydrogen-bond donors (Lipinski definition) is 1. The molecule has 0 bridgehead atoms. The van der Waals surface area contributed by atoms with Crippen LogP contribution < -0.4 is 0 Å². The third kappa shape index (κ3) is 2.07. The molecule has 0 fully saturated rings. The van der Waals surface area contributed by atoms with Gasteiger partial charge >= 0.3 is 5.97 Å². The zero-order chi connectivity index (χ0) is 14.3. The maximum atomic E-state index is 11.2. The van der Waals surface area contributed by atoms with Crippen molar-refractivity contribution in [2.24, 2.45) is 0 Å². The summed E-state index contributed by atoms with van der Waals surface area (Å²) < 4.78 is 6.74. The molecule has 0 saturated carbocycles. The second kappa shape index (κ2) is 4.90. The summed E-state index contributed by atoms with van der Waals surface area (Å²) in [6.45, 7) is 2.01. The lowest BCUT2D eigenvalue weighted by Gasteiger charge is -2.02. The second-order valence-electron chi connectivity index (χ2n) is 4.41. The summed E-state index contributed by atoms with van der Waals surface area (Å²) in [6.07, 6.45) is 0. The van der Waals surface area contributed by atoms with Gasteiger partial charge in [-0.05, 0) is 53.3 Å². The van der Waals surface area contributed by atoms with Gasteiger partial charge in [-0.25, -0.2) is 9.78 Å². The monoisotopic (exact) mass is 379 g/mol. The third-order valence-electron chi connectivity index (χ3n) is 3.07. The first-order valence-electron chi connectivity index (χ1n) is 5.96. The predicted molar refractivity (Wildman–Crippen MR) is 83.9 cm³/mol. The maximum Gasteiger partial charge on any atom is 0.339 e. The Morgan fingerprint density at radius 2 is 2.00 bits per heavy atom. The lowest BCUT2D eigenvalue weighted by atomic mass is 10.1. The van der Waals surface area contributed by atoms with Crippen molar-refractivity contribution in [3.05, 3.63) is 51.1 Å². The van der Waals surface area contributed by atoms with Crippen molar-refractivity contribution in [3.8, 4) is 11.5 Å². The Labute approximate surface area is 128 Å². The smallest absolute Gasteiger partial charge is 0.339 e. The molecule has 20 heavy (non-hydrogen) atoms. The highest BCUT2D eigenvalue weighted by Crippen LogP contribution is 2.30. The van der Waals surface area contributed by atoms with Crippen LogP contribution in [0.2, 0.25) is 0 Å². The van der Waals surface area contributed by atoms with E-state index in [1.54, 1.807) is 12.1 Å². The SMILES string of the molecule is Cc1cccc(-c2nc3cccc(C(=O)O)c3o2)c1I. The average molecular weight is 379 g/mol. The molecule has 1 aromatic heterocycles. The molecule has 0 aliphatic rings. The molecule has 100 valence electrons. The number of para-hydroxylation sites is 1. The first kappa shape index (κ1) is 13.1. The molecular formula is C15H10INO3. The number of rotatable bonds is 2. The van der Waals surface area contributed by atoms with Crippen molar-refractivity contribution < 1.29 is 14.3 Å². The number of fused-ring (bicyclic) bond motifs is 1. The van der Waals surface area contributed by atoms with Crippen molar-refractivity contribution in [1.29, 1.82) is 0 Å². The number of carbonyl (C=O) groups is 1. The molecule has 1 N–H and O–H groups in total. The molecule has 0 radical (unpaired) electrons. The maximum absolute atomic E-state index is 11.2. The molecular weight excluding hydrogens is 369 g/mol. The van der Waals surface area contributed by atoms with Gasteiger partial charge in [0.1, 0.15) is 11.1 Å². The summed E-state index contributed by atoms with van der Waals surface area (Å²) in [5, 5.41) is 9.17. The van der Waals surface area contributed by atoms with Gasteiger partial charge in [0, 0.05) is 3.57 Å². The minimum atomic E-state index is -1.02. The quantitative estimate of drug-likeness (QED) is 0.681. The topological polar surface area (TPSA) is 63.3 Å². The molecule has 0 amide bonds. The van der Waals surface area contributed by atoms with Crippen molar-refractivity contribution >= 4 is 39.7 Å². The van der Waals surface area contributed by atoms with Crippen LogP contribution >= 0.6 is 22.6 Å². The fraction of sp³-hybridized carbons (Fsp3) is 0.0667. The Hall–Kier alpha value is -1.89. The van der Waals surface area contributed by atoms with E-state index >= 15 is 0 Å². The zero-order valence-corrected chi connectivity index (χ0v) is 12.7. The van der Waals surface area contributed by atoms with Crippen LogP contribution in [-0.2, 0) is 0 Å². The summed E-state index contributed by atoms with van der Waals surface area (Å²) in [5.41, 5.74) is 3.00. The second-order valence-corrected chi connectivity index (χ2v) is 5.49. The van der Waals surface area contributed by atoms with E-state index in [0.29, 0.717) is 17.0 Å². The molecule has 0 aliphatic heterocycles. The molecule has 0 spiro atoms. The lowest BCUT2D eigenvalue weighted by molar-refractivity contribution is 0.0698. The standard InChI is InChI=1S/C15H10INO3/c1-8-4-2-5-9(12(8)16)14-17-11-7-3-6-10(15(18)19)13(11)20-14/h2-7H,1H3,(H,18,19). The van der Waals surface area contributed by atoms with Gasteiger partial charge in [-0.3, -0.25) is 0 Å². The number of nitrogens with zero attached hydrogens (tertiary/aromatic N) is 1. The van der Waals surface area contributed by atoms with Crippen LogP contribution in [-0.4, -0.2) is 16.1 Å². The van der Waals surface area contributed by atoms with Crippen LogP contribution in [0, 0.1) is 10.5 Å². The van der Waals surface area contributed by atoms with E-state index in [1.165, 1.54) is 6.07 Å². The summed E-state index contributed by atoms with van der Waals surface area (Å²) in [5.74, 6) is -0.570. The molecule has 0 unspecified atom stereocenters. The van der Waals surface area contributed by atoms with Gasteiger partial charge < -0.3 is 9.52 Å². The summed E-state index contributed by atoms with van der Waals surface area (Å²) in [4.78, 5) is 15.6. The molecule has 0 aliphatic carbocycles. The van der Waals surface area contributed by atoms with E-state index in [9.17, 15) is 9.90 Å². The van der Waals surface area contributed by atoms with E-state index in [1.807, 2.05) is 25.1 Å². The summed E-state index contributed by atoms with van der Waals surface area (Å²) in [6, 6.07) is 10.8. The van der Waals surface area contributed by atoms with E-state index in [-0.39, 0.29) is 5.56 Å². The zero-order valence-electron chi connectivity index (χ0n) is 10.6. The van der Waals surface area contributed by atoms with Crippen LogP contribution in [0.15, 0.2) is 40.8 Å². The first-order chi connectivity index (χ1) is 9.58. The minimum Gasteiger partial charge on any atom is -0.478 e. The van der Waals surface area contributed by atoms with Crippen molar-refractivity contribution in [2.75, 3.05) is 0 Å². The summed E-state index contributed by atoms with van der Waals surface area (Å²) >= 11 is 2.24. The number of aromatic nitrogens is 1. The molecule has 5 heteroatoms. The van der Waals surface area contributed by atoms with E-state index < -0.39 is 5.97 Å². The minimum absolute atomic E-state index is 0.129. The molecule has 3 aromatic rings. The average Bonchev–Trinajstić information content (AvgIpc) is 2.84. The molecule has 0 atom stereocenters. The number of benzene rings is 2. The van der Waals surface area contributed by atoms with Gasteiger partial charge in [-0.15, -0.1) is 0 Å². The summed E-state index contributed by atoms with van der Waals surface area (Å²) in [7, 11) is 0. The van der Waals surface area contributed by atoms with E-state index in [2.05, 4.69) is 27.6 Å². The normalized spacial score (nSPS) is 10.9. The van der Waals surface area contributed by atoms with Crippen LogP contribution in [0.1, 0.15) is 15.9 Å². The Bertz CT molecular complexity index is 823. The lowest BCUT2D eigenvalue weighted by Crippen LogP contribution is -1.95. The Balaban J connectivity index is 2.26. The Kier molecular flexibility index (Phi) is 3.21. The molecule has 1 heterocycles. The fourth-order valence-electron chi connectivity index (χ4n) is 2.05. The van der Waals surface area contributed by atoms with Crippen LogP contribution in [0.3, 0.4) is 0 Å². The highest BCUT2D eigenvalue weighted by Gasteiger charge is 2.17. The number of aryl methyl sites for hydroxylation is 1. The Morgan fingerprint density at radius 3 is 2.75 bits per heavy atom. The third-order valence-corrected chi connectivity index (χ3v) is 4.50. The number of hydrogen-bond acceptors (Lipinski definition) is 3. The fourth-order valence-corrected chi connectivity index (χ4v) is 2.64. The largest absolute Gasteiger partial charge is 0.478 e. The molecule has 4 nitrogen and oxygen atoms in total. The highest BCUT2D eigenvalue weighted by atomic mass is 127. The molecule has 0 saturated heterocycles. The van der Waals surface area contributed by atoms with Gasteiger partial charge in [-0.1, -0.05) is 18.2 Å².